The van der Waals surface area contributed by atoms with E-state index in [1.165, 1.54) is 0 Å². The molecule has 1 aliphatic rings. The number of nitrogens with zero attached hydrogens (tertiary/aromatic N) is 1. The standard InChI is InChI=1S/C19H23BN2O2/c1-18(2)19(3,4)24-20(23-18)17-13-9-8-10-15(17)14-21-22-16-11-6-5-7-12-16/h5-14,22H,1-4H3. The molecule has 0 atom stereocenters. The zero-order chi connectivity index (χ0) is 17.2. The van der Waals surface area contributed by atoms with Gasteiger partial charge < -0.3 is 9.31 Å². The molecule has 1 aliphatic heterocycles. The molecular formula is C19H23BN2O2. The molecule has 2 aromatic carbocycles. The molecule has 0 unspecified atom stereocenters. The average Bonchev–Trinajstić information content (AvgIpc) is 2.77. The summed E-state index contributed by atoms with van der Waals surface area (Å²) in [7, 11) is -0.394. The second-order valence-electron chi connectivity index (χ2n) is 6.95. The summed E-state index contributed by atoms with van der Waals surface area (Å²) in [6, 6.07) is 17.9. The van der Waals surface area contributed by atoms with Crippen LogP contribution >= 0.6 is 0 Å². The van der Waals surface area contributed by atoms with Gasteiger partial charge in [0.1, 0.15) is 0 Å². The molecule has 1 heterocycles. The molecule has 1 saturated heterocycles. The lowest BCUT2D eigenvalue weighted by molar-refractivity contribution is 0.00578. The molecule has 0 radical (unpaired) electrons. The van der Waals surface area contributed by atoms with Crippen molar-refractivity contribution >= 4 is 24.5 Å². The smallest absolute Gasteiger partial charge is 0.399 e. The van der Waals surface area contributed by atoms with Crippen molar-refractivity contribution in [2.75, 3.05) is 5.43 Å². The molecular weight excluding hydrogens is 299 g/mol. The lowest BCUT2D eigenvalue weighted by Crippen LogP contribution is -2.41. The van der Waals surface area contributed by atoms with Crippen LogP contribution in [0.25, 0.3) is 0 Å². The molecule has 0 aliphatic carbocycles. The first-order valence-electron chi connectivity index (χ1n) is 8.18. The Kier molecular flexibility index (Phi) is 4.48. The Hall–Kier alpha value is -2.11. The summed E-state index contributed by atoms with van der Waals surface area (Å²) in [5.41, 5.74) is 5.22. The van der Waals surface area contributed by atoms with Crippen LogP contribution < -0.4 is 10.9 Å². The van der Waals surface area contributed by atoms with E-state index in [1.807, 2.05) is 54.6 Å². The molecule has 124 valence electrons. The molecule has 24 heavy (non-hydrogen) atoms. The van der Waals surface area contributed by atoms with Crippen LogP contribution in [-0.2, 0) is 9.31 Å². The number of benzene rings is 2. The third-order valence-corrected chi connectivity index (χ3v) is 4.67. The van der Waals surface area contributed by atoms with Gasteiger partial charge in [0.2, 0.25) is 0 Å². The summed E-state index contributed by atoms with van der Waals surface area (Å²) >= 11 is 0. The summed E-state index contributed by atoms with van der Waals surface area (Å²) in [5.74, 6) is 0. The fraction of sp³-hybridized carbons (Fsp3) is 0.316. The third kappa shape index (κ3) is 3.37. The summed E-state index contributed by atoms with van der Waals surface area (Å²) in [6.07, 6.45) is 1.80. The minimum absolute atomic E-state index is 0.357. The zero-order valence-corrected chi connectivity index (χ0v) is 14.6. The van der Waals surface area contributed by atoms with E-state index in [4.69, 9.17) is 9.31 Å². The van der Waals surface area contributed by atoms with Gasteiger partial charge in [-0.1, -0.05) is 42.5 Å². The highest BCUT2D eigenvalue weighted by molar-refractivity contribution is 6.63. The van der Waals surface area contributed by atoms with Crippen LogP contribution in [0.1, 0.15) is 33.3 Å². The molecule has 0 amide bonds. The van der Waals surface area contributed by atoms with Gasteiger partial charge in [-0.25, -0.2) is 0 Å². The lowest BCUT2D eigenvalue weighted by atomic mass is 9.76. The van der Waals surface area contributed by atoms with Crippen molar-refractivity contribution in [3.8, 4) is 0 Å². The zero-order valence-electron chi connectivity index (χ0n) is 14.6. The predicted molar refractivity (Wildman–Crippen MR) is 99.8 cm³/mol. The Bertz CT molecular complexity index is 713. The van der Waals surface area contributed by atoms with Crippen molar-refractivity contribution in [3.63, 3.8) is 0 Å². The topological polar surface area (TPSA) is 42.8 Å². The summed E-state index contributed by atoms with van der Waals surface area (Å²) in [6.45, 7) is 8.22. The van der Waals surface area contributed by atoms with E-state index < -0.39 is 7.12 Å². The fourth-order valence-electron chi connectivity index (χ4n) is 2.50. The number of hydrogen-bond donors (Lipinski definition) is 1. The van der Waals surface area contributed by atoms with Gasteiger partial charge in [-0.3, -0.25) is 5.43 Å². The first-order chi connectivity index (χ1) is 11.4. The van der Waals surface area contributed by atoms with Crippen molar-refractivity contribution in [2.45, 2.75) is 38.9 Å². The molecule has 1 N–H and O–H groups in total. The van der Waals surface area contributed by atoms with Gasteiger partial charge in [-0.05, 0) is 50.9 Å². The van der Waals surface area contributed by atoms with Crippen molar-refractivity contribution in [1.29, 1.82) is 0 Å². The van der Waals surface area contributed by atoms with E-state index in [9.17, 15) is 0 Å². The van der Waals surface area contributed by atoms with Crippen LogP contribution in [0.2, 0.25) is 0 Å². The van der Waals surface area contributed by atoms with Crippen molar-refractivity contribution < 1.29 is 9.31 Å². The van der Waals surface area contributed by atoms with Gasteiger partial charge >= 0.3 is 7.12 Å². The largest absolute Gasteiger partial charge is 0.495 e. The Balaban J connectivity index is 1.79. The van der Waals surface area contributed by atoms with E-state index in [-0.39, 0.29) is 11.2 Å². The predicted octanol–water partition coefficient (Wildman–Crippen LogP) is 3.43. The molecule has 0 aromatic heterocycles. The lowest BCUT2D eigenvalue weighted by Gasteiger charge is -2.32. The molecule has 5 heteroatoms. The summed E-state index contributed by atoms with van der Waals surface area (Å²) < 4.78 is 12.3. The van der Waals surface area contributed by atoms with Crippen LogP contribution in [0.15, 0.2) is 59.7 Å². The SMILES string of the molecule is CC1(C)OB(c2ccccc2C=NNc2ccccc2)OC1(C)C. The van der Waals surface area contributed by atoms with E-state index in [1.54, 1.807) is 6.21 Å². The molecule has 0 bridgehead atoms. The van der Waals surface area contributed by atoms with Gasteiger partial charge in [0.05, 0.1) is 23.1 Å². The molecule has 1 fully saturated rings. The number of anilines is 1. The summed E-state index contributed by atoms with van der Waals surface area (Å²) in [5, 5.41) is 4.33. The first kappa shape index (κ1) is 16.7. The number of nitrogens with one attached hydrogen (secondary N) is 1. The van der Waals surface area contributed by atoms with Crippen LogP contribution in [-0.4, -0.2) is 24.5 Å². The maximum atomic E-state index is 6.15. The van der Waals surface area contributed by atoms with E-state index in [0.29, 0.717) is 0 Å². The Morgan fingerprint density at radius 2 is 1.46 bits per heavy atom. The monoisotopic (exact) mass is 322 g/mol. The van der Waals surface area contributed by atoms with Crippen LogP contribution in [0.5, 0.6) is 0 Å². The van der Waals surface area contributed by atoms with Gasteiger partial charge in [0, 0.05) is 0 Å². The molecule has 0 saturated carbocycles. The van der Waals surface area contributed by atoms with Crippen LogP contribution in [0.3, 0.4) is 0 Å². The molecule has 2 aromatic rings. The maximum Gasteiger partial charge on any atom is 0.495 e. The number of rotatable bonds is 4. The molecule has 4 nitrogen and oxygen atoms in total. The Morgan fingerprint density at radius 3 is 2.12 bits per heavy atom. The van der Waals surface area contributed by atoms with E-state index in [0.717, 1.165) is 16.7 Å². The maximum absolute atomic E-state index is 6.15. The van der Waals surface area contributed by atoms with E-state index in [2.05, 4.69) is 38.2 Å². The molecule has 3 rings (SSSR count). The minimum atomic E-state index is -0.394. The average molecular weight is 322 g/mol. The van der Waals surface area contributed by atoms with Crippen LogP contribution in [0.4, 0.5) is 5.69 Å². The normalized spacial score (nSPS) is 18.9. The van der Waals surface area contributed by atoms with Crippen molar-refractivity contribution in [2.24, 2.45) is 5.10 Å². The number of para-hydroxylation sites is 1. The fourth-order valence-corrected chi connectivity index (χ4v) is 2.50. The first-order valence-corrected chi connectivity index (χ1v) is 8.18. The second kappa shape index (κ2) is 6.42. The van der Waals surface area contributed by atoms with Crippen molar-refractivity contribution in [1.82, 2.24) is 0 Å². The number of hydrazone groups is 1. The van der Waals surface area contributed by atoms with Gasteiger partial charge in [-0.2, -0.15) is 5.10 Å². The van der Waals surface area contributed by atoms with Crippen molar-refractivity contribution in [3.05, 3.63) is 60.2 Å². The Labute approximate surface area is 144 Å². The van der Waals surface area contributed by atoms with Gasteiger partial charge in [0.25, 0.3) is 0 Å². The highest BCUT2D eigenvalue weighted by Crippen LogP contribution is 2.36. The second-order valence-corrected chi connectivity index (χ2v) is 6.95. The quantitative estimate of drug-likeness (QED) is 0.533. The number of hydrogen-bond acceptors (Lipinski definition) is 4. The van der Waals surface area contributed by atoms with Crippen LogP contribution in [0, 0.1) is 0 Å². The highest BCUT2D eigenvalue weighted by Gasteiger charge is 2.52. The summed E-state index contributed by atoms with van der Waals surface area (Å²) in [4.78, 5) is 0. The van der Waals surface area contributed by atoms with Gasteiger partial charge in [-0.15, -0.1) is 0 Å². The van der Waals surface area contributed by atoms with E-state index >= 15 is 0 Å². The van der Waals surface area contributed by atoms with Gasteiger partial charge in [0.15, 0.2) is 0 Å². The minimum Gasteiger partial charge on any atom is -0.399 e. The molecule has 0 spiro atoms. The third-order valence-electron chi connectivity index (χ3n) is 4.67. The highest BCUT2D eigenvalue weighted by atomic mass is 16.7. The Morgan fingerprint density at radius 1 is 0.875 bits per heavy atom.